The Balaban J connectivity index is 2.74. The highest BCUT2D eigenvalue weighted by molar-refractivity contribution is 6.74. The molecule has 1 atom stereocenters. The van der Waals surface area contributed by atoms with Gasteiger partial charge in [-0.3, -0.25) is 0 Å². The zero-order valence-corrected chi connectivity index (χ0v) is 12.5. The monoisotopic (exact) mass is 238 g/mol. The van der Waals surface area contributed by atoms with Gasteiger partial charge in [-0.2, -0.15) is 0 Å². The Labute approximate surface area is 102 Å². The summed E-state index contributed by atoms with van der Waals surface area (Å²) < 4.78 is 6.33. The molecule has 0 saturated heterocycles. The van der Waals surface area contributed by atoms with Crippen LogP contribution in [0.25, 0.3) is 0 Å². The Hall–Kier alpha value is -0.503. The van der Waals surface area contributed by atoms with Crippen molar-refractivity contribution < 1.29 is 4.43 Å². The number of hydrogen-bond donors (Lipinski definition) is 0. The van der Waals surface area contributed by atoms with Gasteiger partial charge in [0.1, 0.15) is 0 Å². The summed E-state index contributed by atoms with van der Waals surface area (Å²) in [6.45, 7) is 15.4. The van der Waals surface area contributed by atoms with E-state index in [1.54, 1.807) is 0 Å². The summed E-state index contributed by atoms with van der Waals surface area (Å²) in [6.07, 6.45) is 7.88. The van der Waals surface area contributed by atoms with Crippen molar-refractivity contribution in [1.29, 1.82) is 0 Å². The topological polar surface area (TPSA) is 9.23 Å². The summed E-state index contributed by atoms with van der Waals surface area (Å²) in [6, 6.07) is 0. The molecule has 0 aromatic heterocycles. The minimum Gasteiger partial charge on any atom is -0.547 e. The molecule has 2 heteroatoms. The van der Waals surface area contributed by atoms with Crippen LogP contribution in [-0.4, -0.2) is 8.32 Å². The highest BCUT2D eigenvalue weighted by Gasteiger charge is 2.39. The zero-order valence-electron chi connectivity index (χ0n) is 11.5. The third kappa shape index (κ3) is 3.24. The third-order valence-electron chi connectivity index (χ3n) is 3.86. The summed E-state index contributed by atoms with van der Waals surface area (Å²) in [5.74, 6) is 1.73. The Bertz CT molecular complexity index is 284. The van der Waals surface area contributed by atoms with Crippen molar-refractivity contribution in [2.45, 2.75) is 58.2 Å². The molecule has 0 radical (unpaired) electrons. The molecule has 0 amide bonds. The first-order valence-electron chi connectivity index (χ1n) is 6.28. The maximum Gasteiger partial charge on any atom is 0.250 e. The van der Waals surface area contributed by atoms with Crippen LogP contribution < -0.4 is 0 Å². The Morgan fingerprint density at radius 2 is 2.06 bits per heavy atom. The first-order chi connectivity index (χ1) is 7.26. The van der Waals surface area contributed by atoms with Crippen LogP contribution in [0.15, 0.2) is 24.5 Å². The number of hydrogen-bond acceptors (Lipinski definition) is 1. The molecule has 0 aliphatic heterocycles. The maximum absolute atomic E-state index is 6.33. The first-order valence-corrected chi connectivity index (χ1v) is 9.19. The van der Waals surface area contributed by atoms with Crippen LogP contribution in [0.3, 0.4) is 0 Å². The van der Waals surface area contributed by atoms with Gasteiger partial charge in [0.25, 0.3) is 0 Å². The lowest BCUT2D eigenvalue weighted by molar-refractivity contribution is 0.344. The van der Waals surface area contributed by atoms with E-state index in [1.807, 2.05) is 6.08 Å². The molecular weight excluding hydrogens is 212 g/mol. The predicted octanol–water partition coefficient (Wildman–Crippen LogP) is 4.88. The van der Waals surface area contributed by atoms with Crippen molar-refractivity contribution in [3.63, 3.8) is 0 Å². The fourth-order valence-electron chi connectivity index (χ4n) is 1.67. The second-order valence-corrected chi connectivity index (χ2v) is 11.0. The second kappa shape index (κ2) is 4.78. The average Bonchev–Trinajstić information content (AvgIpc) is 2.15. The minimum atomic E-state index is -1.64. The van der Waals surface area contributed by atoms with Gasteiger partial charge in [-0.25, -0.2) is 0 Å². The molecule has 92 valence electrons. The first kappa shape index (κ1) is 13.6. The van der Waals surface area contributed by atoms with E-state index in [-0.39, 0.29) is 5.04 Å². The van der Waals surface area contributed by atoms with Crippen molar-refractivity contribution in [3.05, 3.63) is 24.5 Å². The van der Waals surface area contributed by atoms with Gasteiger partial charge >= 0.3 is 0 Å². The van der Waals surface area contributed by atoms with Crippen LogP contribution in [0.1, 0.15) is 40.0 Å². The third-order valence-corrected chi connectivity index (χ3v) is 8.24. The fraction of sp³-hybridized carbons (Fsp3) is 0.714. The van der Waals surface area contributed by atoms with Crippen molar-refractivity contribution >= 4 is 8.32 Å². The molecule has 0 N–H and O–H groups in total. The van der Waals surface area contributed by atoms with Gasteiger partial charge in [0, 0.05) is 6.42 Å². The summed E-state index contributed by atoms with van der Waals surface area (Å²) in [5.41, 5.74) is 0. The zero-order chi connectivity index (χ0) is 12.4. The summed E-state index contributed by atoms with van der Waals surface area (Å²) in [4.78, 5) is 0. The van der Waals surface area contributed by atoms with Crippen molar-refractivity contribution in [2.24, 2.45) is 5.92 Å². The smallest absolute Gasteiger partial charge is 0.250 e. The lowest BCUT2D eigenvalue weighted by atomic mass is 9.95. The molecule has 0 aromatic carbocycles. The Morgan fingerprint density at radius 1 is 1.44 bits per heavy atom. The quantitative estimate of drug-likeness (QED) is 0.503. The van der Waals surface area contributed by atoms with Crippen LogP contribution in [-0.2, 0) is 4.43 Å². The van der Waals surface area contributed by atoms with E-state index in [9.17, 15) is 0 Å². The highest BCUT2D eigenvalue weighted by atomic mass is 28.4. The van der Waals surface area contributed by atoms with E-state index >= 15 is 0 Å². The standard InChI is InChI=1S/C14H26OSi/c1-7-12-9-8-10-13(11-12)15-16(5,6)14(2,3)4/h7,11-12H,1,8-10H2,2-6H3/t12-/m0/s1. The molecule has 1 nitrogen and oxygen atoms in total. The normalized spacial score (nSPS) is 22.6. The largest absolute Gasteiger partial charge is 0.547 e. The molecule has 0 fully saturated rings. The molecule has 0 saturated carbocycles. The molecule has 1 aliphatic rings. The summed E-state index contributed by atoms with van der Waals surface area (Å²) in [5, 5.41) is 0.287. The number of allylic oxidation sites excluding steroid dienone is 3. The van der Waals surface area contributed by atoms with Crippen LogP contribution in [0.4, 0.5) is 0 Å². The lowest BCUT2D eigenvalue weighted by Crippen LogP contribution is -2.40. The summed E-state index contributed by atoms with van der Waals surface area (Å²) in [7, 11) is -1.64. The molecule has 16 heavy (non-hydrogen) atoms. The molecule has 0 unspecified atom stereocenters. The van der Waals surface area contributed by atoms with Crippen LogP contribution in [0.5, 0.6) is 0 Å². The molecule has 0 spiro atoms. The highest BCUT2D eigenvalue weighted by Crippen LogP contribution is 2.39. The maximum atomic E-state index is 6.33. The van der Waals surface area contributed by atoms with Gasteiger partial charge in [-0.1, -0.05) is 26.8 Å². The molecule has 0 heterocycles. The summed E-state index contributed by atoms with van der Waals surface area (Å²) >= 11 is 0. The van der Waals surface area contributed by atoms with E-state index in [2.05, 4.69) is 46.5 Å². The average molecular weight is 238 g/mol. The molecule has 1 rings (SSSR count). The van der Waals surface area contributed by atoms with Gasteiger partial charge in [-0.15, -0.1) is 6.58 Å². The van der Waals surface area contributed by atoms with Gasteiger partial charge in [0.2, 0.25) is 8.32 Å². The van der Waals surface area contributed by atoms with Crippen molar-refractivity contribution in [1.82, 2.24) is 0 Å². The van der Waals surface area contributed by atoms with Crippen LogP contribution >= 0.6 is 0 Å². The molecule has 1 aliphatic carbocycles. The van der Waals surface area contributed by atoms with Gasteiger partial charge in [0.05, 0.1) is 5.76 Å². The van der Waals surface area contributed by atoms with E-state index in [0.717, 1.165) is 6.42 Å². The van der Waals surface area contributed by atoms with Crippen LogP contribution in [0.2, 0.25) is 18.1 Å². The molecule has 0 aromatic rings. The predicted molar refractivity (Wildman–Crippen MR) is 73.9 cm³/mol. The second-order valence-electron chi connectivity index (χ2n) is 6.29. The Morgan fingerprint density at radius 3 is 2.56 bits per heavy atom. The lowest BCUT2D eigenvalue weighted by Gasteiger charge is -2.38. The van der Waals surface area contributed by atoms with Crippen LogP contribution in [0, 0.1) is 5.92 Å². The minimum absolute atomic E-state index is 0.287. The molecule has 0 bridgehead atoms. The van der Waals surface area contributed by atoms with E-state index in [0.29, 0.717) is 5.92 Å². The van der Waals surface area contributed by atoms with Crippen molar-refractivity contribution in [3.8, 4) is 0 Å². The Kier molecular flexibility index (Phi) is 4.05. The van der Waals surface area contributed by atoms with E-state index < -0.39 is 8.32 Å². The van der Waals surface area contributed by atoms with E-state index in [4.69, 9.17) is 4.43 Å². The SMILES string of the molecule is C=C[C@@H]1C=C(O[Si](C)(C)C(C)(C)C)CCC1. The molecular formula is C14H26OSi. The fourth-order valence-corrected chi connectivity index (χ4v) is 2.80. The van der Waals surface area contributed by atoms with Crippen molar-refractivity contribution in [2.75, 3.05) is 0 Å². The van der Waals surface area contributed by atoms with Gasteiger partial charge in [-0.05, 0) is 43.0 Å². The number of rotatable bonds is 3. The van der Waals surface area contributed by atoms with Gasteiger partial charge in [0.15, 0.2) is 0 Å². The van der Waals surface area contributed by atoms with E-state index in [1.165, 1.54) is 18.6 Å². The van der Waals surface area contributed by atoms with Gasteiger partial charge < -0.3 is 4.43 Å².